The van der Waals surface area contributed by atoms with Gasteiger partial charge >= 0.3 is 0 Å². The Bertz CT molecular complexity index is 1170. The number of rotatable bonds is 3. The van der Waals surface area contributed by atoms with Crippen LogP contribution in [-0.4, -0.2) is 32.4 Å². The first-order valence-electron chi connectivity index (χ1n) is 8.65. The van der Waals surface area contributed by atoms with Gasteiger partial charge in [0.1, 0.15) is 0 Å². The van der Waals surface area contributed by atoms with Crippen molar-refractivity contribution in [1.82, 2.24) is 20.6 Å². The van der Waals surface area contributed by atoms with Crippen LogP contribution < -0.4 is 4.90 Å². The molecule has 0 aliphatic carbocycles. The molecule has 1 N–H and O–H groups in total. The number of hydrogen-bond acceptors (Lipinski definition) is 5. The monoisotopic (exact) mass is 367 g/mol. The Morgan fingerprint density at radius 1 is 0.714 bits per heavy atom. The van der Waals surface area contributed by atoms with Gasteiger partial charge in [-0.25, -0.2) is 4.90 Å². The summed E-state index contributed by atoms with van der Waals surface area (Å²) in [6, 6.07) is 22.1. The molecule has 4 aromatic rings. The van der Waals surface area contributed by atoms with Crippen molar-refractivity contribution in [3.63, 3.8) is 0 Å². The Morgan fingerprint density at radius 3 is 2.04 bits per heavy atom. The molecule has 0 fully saturated rings. The van der Waals surface area contributed by atoms with Gasteiger partial charge in [0, 0.05) is 5.56 Å². The number of carbonyl (C=O) groups excluding carboxylic acids is 2. The van der Waals surface area contributed by atoms with E-state index in [1.54, 1.807) is 30.3 Å². The standard InChI is InChI=1S/C21H13N5O2/c27-20-15-8-4-5-9-16(15)21(28)26(20)18-11-10-14(13-6-2-1-3-7-13)12-17(18)19-22-24-25-23-19/h1-12H,(H,22,23,24,25). The lowest BCUT2D eigenvalue weighted by Crippen LogP contribution is -2.30. The molecule has 0 spiro atoms. The van der Waals surface area contributed by atoms with E-state index in [0.29, 0.717) is 28.2 Å². The molecule has 1 aromatic heterocycles. The Labute approximate surface area is 159 Å². The van der Waals surface area contributed by atoms with Crippen LogP contribution in [0.3, 0.4) is 0 Å². The molecule has 7 heteroatoms. The molecule has 0 unspecified atom stereocenters. The summed E-state index contributed by atoms with van der Waals surface area (Å²) in [5, 5.41) is 14.2. The Kier molecular flexibility index (Phi) is 3.58. The summed E-state index contributed by atoms with van der Waals surface area (Å²) >= 11 is 0. The summed E-state index contributed by atoms with van der Waals surface area (Å²) in [4.78, 5) is 27.0. The predicted octanol–water partition coefficient (Wildman–Crippen LogP) is 3.33. The minimum absolute atomic E-state index is 0.310. The van der Waals surface area contributed by atoms with Crippen LogP contribution in [0.15, 0.2) is 72.8 Å². The largest absolute Gasteiger partial charge is 0.268 e. The molecule has 5 rings (SSSR count). The number of nitrogens with one attached hydrogen (secondary N) is 1. The second-order valence-corrected chi connectivity index (χ2v) is 6.32. The maximum absolute atomic E-state index is 12.9. The van der Waals surface area contributed by atoms with E-state index in [-0.39, 0.29) is 11.8 Å². The quantitative estimate of drug-likeness (QED) is 0.561. The van der Waals surface area contributed by atoms with Crippen LogP contribution in [-0.2, 0) is 0 Å². The molecule has 0 radical (unpaired) electrons. The van der Waals surface area contributed by atoms with Gasteiger partial charge in [0.2, 0.25) is 5.82 Å². The van der Waals surface area contributed by atoms with Crippen molar-refractivity contribution in [1.29, 1.82) is 0 Å². The third-order valence-electron chi connectivity index (χ3n) is 4.72. The van der Waals surface area contributed by atoms with Gasteiger partial charge in [0.25, 0.3) is 11.8 Å². The van der Waals surface area contributed by atoms with Crippen LogP contribution in [0, 0.1) is 0 Å². The molecule has 7 nitrogen and oxygen atoms in total. The Balaban J connectivity index is 1.68. The number of anilines is 1. The van der Waals surface area contributed by atoms with E-state index in [0.717, 1.165) is 11.1 Å². The smallest absolute Gasteiger partial charge is 0.266 e. The fraction of sp³-hybridized carbons (Fsp3) is 0. The first kappa shape index (κ1) is 16.1. The van der Waals surface area contributed by atoms with Crippen LogP contribution in [0.2, 0.25) is 0 Å². The zero-order valence-corrected chi connectivity index (χ0v) is 14.5. The van der Waals surface area contributed by atoms with E-state index in [4.69, 9.17) is 0 Å². The summed E-state index contributed by atoms with van der Waals surface area (Å²) in [5.74, 6) is -0.417. The Hall–Kier alpha value is -4.13. The number of fused-ring (bicyclic) bond motifs is 1. The maximum atomic E-state index is 12.9. The second kappa shape index (κ2) is 6.24. The number of imide groups is 1. The van der Waals surface area contributed by atoms with Crippen LogP contribution in [0.4, 0.5) is 5.69 Å². The molecule has 0 saturated heterocycles. The van der Waals surface area contributed by atoms with E-state index in [9.17, 15) is 9.59 Å². The van der Waals surface area contributed by atoms with Crippen molar-refractivity contribution in [2.45, 2.75) is 0 Å². The van der Waals surface area contributed by atoms with E-state index in [1.165, 1.54) is 4.90 Å². The Morgan fingerprint density at radius 2 is 1.39 bits per heavy atom. The van der Waals surface area contributed by atoms with Crippen LogP contribution >= 0.6 is 0 Å². The lowest BCUT2D eigenvalue weighted by molar-refractivity contribution is 0.0926. The number of aromatic nitrogens is 4. The number of H-pyrrole nitrogens is 1. The third-order valence-corrected chi connectivity index (χ3v) is 4.72. The van der Waals surface area contributed by atoms with Crippen LogP contribution in [0.1, 0.15) is 20.7 Å². The molecule has 0 saturated carbocycles. The fourth-order valence-electron chi connectivity index (χ4n) is 3.40. The lowest BCUT2D eigenvalue weighted by atomic mass is 10.0. The summed E-state index contributed by atoms with van der Waals surface area (Å²) in [6.07, 6.45) is 0. The molecule has 0 atom stereocenters. The van der Waals surface area contributed by atoms with Gasteiger partial charge in [0.15, 0.2) is 0 Å². The van der Waals surface area contributed by atoms with Crippen molar-refractivity contribution < 1.29 is 9.59 Å². The molecule has 2 amide bonds. The van der Waals surface area contributed by atoms with Crippen molar-refractivity contribution in [3.05, 3.63) is 83.9 Å². The summed E-state index contributed by atoms with van der Waals surface area (Å²) in [7, 11) is 0. The molecule has 0 bridgehead atoms. The number of nitrogens with zero attached hydrogens (tertiary/aromatic N) is 4. The van der Waals surface area contributed by atoms with Gasteiger partial charge in [-0.2, -0.15) is 5.21 Å². The summed E-state index contributed by atoms with van der Waals surface area (Å²) in [6.45, 7) is 0. The number of amides is 2. The number of carbonyl (C=O) groups is 2. The van der Waals surface area contributed by atoms with E-state index >= 15 is 0 Å². The zero-order chi connectivity index (χ0) is 19.1. The van der Waals surface area contributed by atoms with Crippen LogP contribution in [0.25, 0.3) is 22.5 Å². The minimum Gasteiger partial charge on any atom is -0.268 e. The second-order valence-electron chi connectivity index (χ2n) is 6.32. The number of benzene rings is 3. The predicted molar refractivity (Wildman–Crippen MR) is 103 cm³/mol. The fourth-order valence-corrected chi connectivity index (χ4v) is 3.40. The van der Waals surface area contributed by atoms with E-state index in [1.807, 2.05) is 42.5 Å². The molecular formula is C21H13N5O2. The highest BCUT2D eigenvalue weighted by molar-refractivity contribution is 6.35. The first-order chi connectivity index (χ1) is 13.7. The van der Waals surface area contributed by atoms with Gasteiger partial charge in [-0.05, 0) is 40.6 Å². The van der Waals surface area contributed by atoms with Crippen molar-refractivity contribution in [2.75, 3.05) is 4.90 Å². The van der Waals surface area contributed by atoms with E-state index in [2.05, 4.69) is 20.6 Å². The third kappa shape index (κ3) is 2.41. The van der Waals surface area contributed by atoms with E-state index < -0.39 is 0 Å². The number of hydrogen-bond donors (Lipinski definition) is 1. The van der Waals surface area contributed by atoms with Crippen molar-refractivity contribution >= 4 is 17.5 Å². The first-order valence-corrected chi connectivity index (χ1v) is 8.65. The zero-order valence-electron chi connectivity index (χ0n) is 14.5. The highest BCUT2D eigenvalue weighted by atomic mass is 16.2. The van der Waals surface area contributed by atoms with Gasteiger partial charge in [-0.1, -0.05) is 48.5 Å². The van der Waals surface area contributed by atoms with Crippen molar-refractivity contribution in [2.24, 2.45) is 0 Å². The van der Waals surface area contributed by atoms with Gasteiger partial charge in [-0.3, -0.25) is 9.59 Å². The maximum Gasteiger partial charge on any atom is 0.266 e. The normalized spacial score (nSPS) is 13.1. The number of aromatic amines is 1. The van der Waals surface area contributed by atoms with Crippen molar-refractivity contribution in [3.8, 4) is 22.5 Å². The average molecular weight is 367 g/mol. The van der Waals surface area contributed by atoms with Gasteiger partial charge < -0.3 is 0 Å². The lowest BCUT2D eigenvalue weighted by Gasteiger charge is -2.18. The molecule has 2 heterocycles. The molecule has 134 valence electrons. The topological polar surface area (TPSA) is 91.8 Å². The SMILES string of the molecule is O=C1c2ccccc2C(=O)N1c1ccc(-c2ccccc2)cc1-c1nn[nH]n1. The highest BCUT2D eigenvalue weighted by Crippen LogP contribution is 2.37. The average Bonchev–Trinajstić information content (AvgIpc) is 3.36. The molecular weight excluding hydrogens is 354 g/mol. The molecule has 28 heavy (non-hydrogen) atoms. The summed E-state index contributed by atoms with van der Waals surface area (Å²) < 4.78 is 0. The number of tetrazole rings is 1. The molecule has 1 aliphatic heterocycles. The van der Waals surface area contributed by atoms with Gasteiger partial charge in [-0.15, -0.1) is 10.2 Å². The highest BCUT2D eigenvalue weighted by Gasteiger charge is 2.37. The minimum atomic E-state index is -0.363. The molecule has 1 aliphatic rings. The molecule has 3 aromatic carbocycles. The van der Waals surface area contributed by atoms with Crippen LogP contribution in [0.5, 0.6) is 0 Å². The summed E-state index contributed by atoms with van der Waals surface area (Å²) in [5.41, 5.74) is 3.66. The van der Waals surface area contributed by atoms with Gasteiger partial charge in [0.05, 0.1) is 16.8 Å².